The quantitative estimate of drug-likeness (QED) is 0.496. The van der Waals surface area contributed by atoms with Crippen molar-refractivity contribution >= 4 is 39.9 Å². The van der Waals surface area contributed by atoms with Crippen LogP contribution < -0.4 is 0 Å². The Labute approximate surface area is 173 Å². The molecule has 1 N–H and O–H groups in total. The van der Waals surface area contributed by atoms with E-state index in [0.29, 0.717) is 23.4 Å². The molecule has 0 amide bonds. The first-order valence-electron chi connectivity index (χ1n) is 8.58. The molecule has 1 aliphatic carbocycles. The number of hydrogen-bond donors (Lipinski definition) is 1. The average Bonchev–Trinajstić information content (AvgIpc) is 2.64. The Hall–Kier alpha value is -1.94. The number of alkyl halides is 3. The van der Waals surface area contributed by atoms with Gasteiger partial charge >= 0.3 is 6.18 Å². The van der Waals surface area contributed by atoms with Gasteiger partial charge in [0.15, 0.2) is 5.60 Å². The smallest absolute Gasteiger partial charge is 0.374 e. The van der Waals surface area contributed by atoms with Crippen LogP contribution in [-0.4, -0.2) is 33.7 Å². The normalized spacial score (nSPS) is 22.9. The Kier molecular flexibility index (Phi) is 5.30. The lowest BCUT2D eigenvalue weighted by molar-refractivity contribution is -0.144. The van der Waals surface area contributed by atoms with E-state index in [1.807, 2.05) is 6.92 Å². The van der Waals surface area contributed by atoms with Gasteiger partial charge in [0.1, 0.15) is 0 Å². The molecule has 1 aliphatic heterocycles. The van der Waals surface area contributed by atoms with Crippen LogP contribution in [0.4, 0.5) is 13.2 Å². The lowest BCUT2D eigenvalue weighted by Crippen LogP contribution is -2.48. The Morgan fingerprint density at radius 2 is 1.75 bits per heavy atom. The maximum atomic E-state index is 12.8. The van der Waals surface area contributed by atoms with E-state index in [1.54, 1.807) is 39.8 Å². The summed E-state index contributed by atoms with van der Waals surface area (Å²) in [5.74, 6) is -1.37. The van der Waals surface area contributed by atoms with Gasteiger partial charge in [0, 0.05) is 29.6 Å². The standard InChI is InChI=1S/C20H17F3INO3/c1-3-8-25-10-14-13(16(24)18(27)19(2,28)17(14)26)9-15(25)11-4-6-12(7-5-11)20(21,22)23/h4-7,9-10,28H,3,8H2,1-2H3. The topological polar surface area (TPSA) is 57.6 Å². The maximum absolute atomic E-state index is 12.8. The molecule has 4 nitrogen and oxygen atoms in total. The number of carbonyl (C=O) groups is 2. The minimum atomic E-state index is -4.43. The van der Waals surface area contributed by atoms with Gasteiger partial charge in [-0.15, -0.1) is 0 Å². The van der Waals surface area contributed by atoms with E-state index in [4.69, 9.17) is 0 Å². The molecule has 0 spiro atoms. The first-order chi connectivity index (χ1) is 13.0. The molecule has 1 atom stereocenters. The highest BCUT2D eigenvalue weighted by molar-refractivity contribution is 14.1. The van der Waals surface area contributed by atoms with E-state index in [9.17, 15) is 27.9 Å². The predicted molar refractivity (Wildman–Crippen MR) is 106 cm³/mol. The molecule has 1 aromatic rings. The van der Waals surface area contributed by atoms with Crippen LogP contribution in [0.1, 0.15) is 31.4 Å². The largest absolute Gasteiger partial charge is 0.416 e. The number of benzene rings is 1. The number of halogens is 4. The molecule has 2 aliphatic rings. The molecule has 0 radical (unpaired) electrons. The van der Waals surface area contributed by atoms with Gasteiger partial charge in [-0.25, -0.2) is 0 Å². The van der Waals surface area contributed by atoms with Crippen molar-refractivity contribution in [1.82, 2.24) is 4.90 Å². The number of allylic oxidation sites excluding steroid dienone is 2. The number of Topliss-reactive ketones (excluding diaryl/α,β-unsaturated/α-hetero) is 2. The van der Waals surface area contributed by atoms with E-state index in [0.717, 1.165) is 18.6 Å². The van der Waals surface area contributed by atoms with Crippen molar-refractivity contribution < 1.29 is 27.9 Å². The summed E-state index contributed by atoms with van der Waals surface area (Å²) in [7, 11) is 0. The predicted octanol–water partition coefficient (Wildman–Crippen LogP) is 4.25. The molecular formula is C20H17F3INO3. The van der Waals surface area contributed by atoms with Crippen LogP contribution in [0.2, 0.25) is 0 Å². The first-order valence-corrected chi connectivity index (χ1v) is 9.66. The van der Waals surface area contributed by atoms with Crippen LogP contribution in [0.5, 0.6) is 0 Å². The van der Waals surface area contributed by atoms with Crippen LogP contribution in [0.3, 0.4) is 0 Å². The third-order valence-electron chi connectivity index (χ3n) is 4.70. The van der Waals surface area contributed by atoms with E-state index in [1.165, 1.54) is 19.1 Å². The molecule has 3 rings (SSSR count). The monoisotopic (exact) mass is 503 g/mol. The van der Waals surface area contributed by atoms with Crippen LogP contribution >= 0.6 is 22.6 Å². The van der Waals surface area contributed by atoms with Crippen molar-refractivity contribution in [2.75, 3.05) is 6.54 Å². The molecule has 1 heterocycles. The Bertz CT molecular complexity index is 940. The second-order valence-corrected chi connectivity index (χ2v) is 7.88. The summed E-state index contributed by atoms with van der Waals surface area (Å²) in [5.41, 5.74) is -1.15. The average molecular weight is 503 g/mol. The van der Waals surface area contributed by atoms with Crippen molar-refractivity contribution in [3.05, 3.63) is 62.4 Å². The fourth-order valence-corrected chi connectivity index (χ4v) is 4.13. The van der Waals surface area contributed by atoms with E-state index in [2.05, 4.69) is 0 Å². The van der Waals surface area contributed by atoms with Crippen molar-refractivity contribution in [3.63, 3.8) is 0 Å². The number of nitrogens with zero attached hydrogens (tertiary/aromatic N) is 1. The van der Waals surface area contributed by atoms with E-state index in [-0.39, 0.29) is 9.15 Å². The van der Waals surface area contributed by atoms with E-state index < -0.39 is 28.9 Å². The zero-order valence-electron chi connectivity index (χ0n) is 15.1. The van der Waals surface area contributed by atoms with Gasteiger partial charge in [0.05, 0.1) is 9.14 Å². The van der Waals surface area contributed by atoms with Crippen molar-refractivity contribution in [3.8, 4) is 0 Å². The summed E-state index contributed by atoms with van der Waals surface area (Å²) in [5, 5.41) is 10.3. The second kappa shape index (κ2) is 7.14. The first kappa shape index (κ1) is 20.8. The fraction of sp³-hybridized carbons (Fsp3) is 0.300. The summed E-state index contributed by atoms with van der Waals surface area (Å²) >= 11 is 1.79. The number of carbonyl (C=O) groups excluding carboxylic acids is 2. The minimum absolute atomic E-state index is 0.217. The molecular weight excluding hydrogens is 486 g/mol. The molecule has 148 valence electrons. The molecule has 8 heteroatoms. The van der Waals surface area contributed by atoms with Gasteiger partial charge in [0.2, 0.25) is 11.6 Å². The SMILES string of the molecule is CCCN1C=C2C(=O)C(C)(O)C(=O)C(I)=C2C=C1c1ccc(C(F)(F)F)cc1. The van der Waals surface area contributed by atoms with Crippen LogP contribution in [0.15, 0.2) is 51.3 Å². The summed E-state index contributed by atoms with van der Waals surface area (Å²) in [6, 6.07) is 4.74. The molecule has 0 saturated carbocycles. The third-order valence-corrected chi connectivity index (χ3v) is 5.77. The maximum Gasteiger partial charge on any atom is 0.416 e. The van der Waals surface area contributed by atoms with Crippen molar-refractivity contribution in [2.45, 2.75) is 32.0 Å². The Morgan fingerprint density at radius 3 is 2.29 bits per heavy atom. The Morgan fingerprint density at radius 1 is 1.14 bits per heavy atom. The van der Waals surface area contributed by atoms with Gasteiger partial charge < -0.3 is 10.0 Å². The molecule has 0 saturated heterocycles. The van der Waals surface area contributed by atoms with Gasteiger partial charge in [-0.3, -0.25) is 9.59 Å². The fourth-order valence-electron chi connectivity index (χ4n) is 3.16. The molecule has 1 aromatic carbocycles. The molecule has 0 bridgehead atoms. The summed E-state index contributed by atoms with van der Waals surface area (Å²) in [4.78, 5) is 26.8. The molecule has 0 fully saturated rings. The number of fused-ring (bicyclic) bond motifs is 1. The lowest BCUT2D eigenvalue weighted by Gasteiger charge is -2.34. The summed E-state index contributed by atoms with van der Waals surface area (Å²) in [6.45, 7) is 3.62. The number of rotatable bonds is 3. The van der Waals surface area contributed by atoms with Crippen LogP contribution in [0.25, 0.3) is 5.70 Å². The highest BCUT2D eigenvalue weighted by Gasteiger charge is 2.48. The highest BCUT2D eigenvalue weighted by atomic mass is 127. The number of hydrogen-bond acceptors (Lipinski definition) is 4. The summed E-state index contributed by atoms with van der Waals surface area (Å²) < 4.78 is 38.8. The molecule has 28 heavy (non-hydrogen) atoms. The Balaban J connectivity index is 2.13. The van der Waals surface area contributed by atoms with Crippen molar-refractivity contribution in [1.29, 1.82) is 0 Å². The van der Waals surface area contributed by atoms with Crippen LogP contribution in [-0.2, 0) is 15.8 Å². The van der Waals surface area contributed by atoms with Crippen LogP contribution in [0, 0.1) is 0 Å². The zero-order valence-corrected chi connectivity index (χ0v) is 17.3. The van der Waals surface area contributed by atoms with Gasteiger partial charge in [-0.2, -0.15) is 13.2 Å². The highest BCUT2D eigenvalue weighted by Crippen LogP contribution is 2.41. The molecule has 1 unspecified atom stereocenters. The van der Waals surface area contributed by atoms with Gasteiger partial charge in [-0.1, -0.05) is 19.1 Å². The van der Waals surface area contributed by atoms with Gasteiger partial charge in [-0.05, 0) is 59.7 Å². The second-order valence-electron chi connectivity index (χ2n) is 6.80. The lowest BCUT2D eigenvalue weighted by atomic mass is 9.79. The zero-order chi connectivity index (χ0) is 20.9. The number of ketones is 2. The number of aliphatic hydroxyl groups is 1. The van der Waals surface area contributed by atoms with Crippen molar-refractivity contribution in [2.24, 2.45) is 0 Å². The van der Waals surface area contributed by atoms with Gasteiger partial charge in [0.25, 0.3) is 0 Å². The minimum Gasteiger partial charge on any atom is -0.374 e. The molecule has 0 aromatic heterocycles. The summed E-state index contributed by atoms with van der Waals surface area (Å²) in [6.07, 6.45) is -0.517. The third kappa shape index (κ3) is 3.43. The van der Waals surface area contributed by atoms with E-state index >= 15 is 0 Å².